The summed E-state index contributed by atoms with van der Waals surface area (Å²) in [6, 6.07) is 8.39. The number of benzene rings is 1. The Morgan fingerprint density at radius 1 is 1.40 bits per heavy atom. The van der Waals surface area contributed by atoms with Crippen LogP contribution >= 0.6 is 11.8 Å². The normalized spacial score (nSPS) is 14.6. The van der Waals surface area contributed by atoms with Crippen molar-refractivity contribution in [2.45, 2.75) is 13.3 Å². The third-order valence-electron chi connectivity index (χ3n) is 3.09. The molecule has 1 aliphatic heterocycles. The van der Waals surface area contributed by atoms with Crippen LogP contribution in [0.15, 0.2) is 24.3 Å². The van der Waals surface area contributed by atoms with Gasteiger partial charge in [0.1, 0.15) is 0 Å². The number of nitrogens with one attached hydrogen (secondary N) is 1. The number of piperazine rings is 1. The van der Waals surface area contributed by atoms with Gasteiger partial charge in [-0.2, -0.15) is 0 Å². The van der Waals surface area contributed by atoms with Crippen molar-refractivity contribution in [2.75, 3.05) is 36.8 Å². The van der Waals surface area contributed by atoms with Gasteiger partial charge in [-0.25, -0.2) is 0 Å². The molecular weight excluding hydrogens is 268 g/mol. The predicted octanol–water partition coefficient (Wildman–Crippen LogP) is 2.12. The second-order valence-electron chi connectivity index (χ2n) is 4.68. The molecule has 1 aliphatic rings. The minimum absolute atomic E-state index is 0.160. The third-order valence-corrected chi connectivity index (χ3v) is 3.91. The van der Waals surface area contributed by atoms with Crippen molar-refractivity contribution in [3.05, 3.63) is 29.8 Å². The van der Waals surface area contributed by atoms with Crippen LogP contribution in [0, 0.1) is 11.8 Å². The standard InChI is InChI=1S/C16H20N2OS/c1-14(19)20-12-3-2-5-15-6-4-7-16(13-15)18-10-8-17-9-11-18/h4,6-7,13,17H,3,8-12H2,1H3. The zero-order chi connectivity index (χ0) is 14.2. The average molecular weight is 288 g/mol. The van der Waals surface area contributed by atoms with Gasteiger partial charge in [-0.1, -0.05) is 29.7 Å². The summed E-state index contributed by atoms with van der Waals surface area (Å²) in [6.45, 7) is 5.77. The first-order valence-electron chi connectivity index (χ1n) is 6.94. The SMILES string of the molecule is CC(=O)SCCC#Cc1cccc(N2CCNCC2)c1. The van der Waals surface area contributed by atoms with Gasteiger partial charge in [0.05, 0.1) is 0 Å². The van der Waals surface area contributed by atoms with E-state index in [2.05, 4.69) is 40.3 Å². The molecule has 2 rings (SSSR count). The minimum atomic E-state index is 0.160. The van der Waals surface area contributed by atoms with Gasteiger partial charge in [0.25, 0.3) is 0 Å². The number of rotatable bonds is 3. The van der Waals surface area contributed by atoms with Gasteiger partial charge in [-0.15, -0.1) is 0 Å². The lowest BCUT2D eigenvalue weighted by Crippen LogP contribution is -2.43. The van der Waals surface area contributed by atoms with E-state index in [1.807, 2.05) is 6.07 Å². The number of carbonyl (C=O) groups excluding carboxylic acids is 1. The van der Waals surface area contributed by atoms with Gasteiger partial charge in [0.15, 0.2) is 5.12 Å². The molecule has 1 heterocycles. The Morgan fingerprint density at radius 2 is 2.20 bits per heavy atom. The monoisotopic (exact) mass is 288 g/mol. The lowest BCUT2D eigenvalue weighted by Gasteiger charge is -2.29. The van der Waals surface area contributed by atoms with E-state index in [4.69, 9.17) is 0 Å². The van der Waals surface area contributed by atoms with Crippen LogP contribution < -0.4 is 10.2 Å². The highest BCUT2D eigenvalue weighted by Crippen LogP contribution is 2.16. The Hall–Kier alpha value is -1.44. The van der Waals surface area contributed by atoms with Gasteiger partial charge < -0.3 is 10.2 Å². The summed E-state index contributed by atoms with van der Waals surface area (Å²) < 4.78 is 0. The molecule has 0 atom stereocenters. The number of hydrogen-bond acceptors (Lipinski definition) is 4. The summed E-state index contributed by atoms with van der Waals surface area (Å²) in [5.74, 6) is 7.09. The highest BCUT2D eigenvalue weighted by Gasteiger charge is 2.09. The van der Waals surface area contributed by atoms with Gasteiger partial charge in [0, 0.05) is 56.5 Å². The first kappa shape index (κ1) is 15.0. The van der Waals surface area contributed by atoms with Crippen molar-refractivity contribution in [3.63, 3.8) is 0 Å². The zero-order valence-corrected chi connectivity index (χ0v) is 12.6. The average Bonchev–Trinajstić information content (AvgIpc) is 2.48. The first-order valence-corrected chi connectivity index (χ1v) is 7.92. The van der Waals surface area contributed by atoms with Crippen LogP contribution in [0.25, 0.3) is 0 Å². The Kier molecular flexibility index (Phi) is 5.97. The van der Waals surface area contributed by atoms with Crippen molar-refractivity contribution < 1.29 is 4.79 Å². The van der Waals surface area contributed by atoms with E-state index in [0.29, 0.717) is 0 Å². The Labute approximate surface area is 125 Å². The molecule has 0 saturated carbocycles. The summed E-state index contributed by atoms with van der Waals surface area (Å²) in [7, 11) is 0. The minimum Gasteiger partial charge on any atom is -0.369 e. The summed E-state index contributed by atoms with van der Waals surface area (Å²) in [5, 5.41) is 3.52. The van der Waals surface area contributed by atoms with Crippen molar-refractivity contribution in [2.24, 2.45) is 0 Å². The molecule has 0 bridgehead atoms. The molecule has 20 heavy (non-hydrogen) atoms. The lowest BCUT2D eigenvalue weighted by molar-refractivity contribution is -0.109. The number of anilines is 1. The molecule has 4 heteroatoms. The molecule has 0 radical (unpaired) electrons. The van der Waals surface area contributed by atoms with Crippen molar-refractivity contribution in [1.29, 1.82) is 0 Å². The number of nitrogens with zero attached hydrogens (tertiary/aromatic N) is 1. The van der Waals surface area contributed by atoms with E-state index < -0.39 is 0 Å². The van der Waals surface area contributed by atoms with Crippen molar-refractivity contribution >= 4 is 22.6 Å². The second kappa shape index (κ2) is 7.98. The molecule has 0 aromatic heterocycles. The topological polar surface area (TPSA) is 32.3 Å². The molecular formula is C16H20N2OS. The van der Waals surface area contributed by atoms with Gasteiger partial charge in [0.2, 0.25) is 0 Å². The lowest BCUT2D eigenvalue weighted by atomic mass is 10.1. The molecule has 1 aromatic rings. The number of carbonyl (C=O) groups is 1. The Bertz CT molecular complexity index is 513. The highest BCUT2D eigenvalue weighted by atomic mass is 32.2. The quantitative estimate of drug-likeness (QED) is 0.682. The Morgan fingerprint density at radius 3 is 2.95 bits per heavy atom. The van der Waals surface area contributed by atoms with Crippen LogP contribution in [0.1, 0.15) is 18.9 Å². The van der Waals surface area contributed by atoms with Crippen LogP contribution in [-0.4, -0.2) is 37.0 Å². The molecule has 0 amide bonds. The van der Waals surface area contributed by atoms with Crippen LogP contribution in [-0.2, 0) is 4.79 Å². The van der Waals surface area contributed by atoms with E-state index >= 15 is 0 Å². The summed E-state index contributed by atoms with van der Waals surface area (Å²) in [5.41, 5.74) is 2.30. The summed E-state index contributed by atoms with van der Waals surface area (Å²) in [4.78, 5) is 13.2. The fraction of sp³-hybridized carbons (Fsp3) is 0.438. The molecule has 3 nitrogen and oxygen atoms in total. The maximum absolute atomic E-state index is 10.8. The molecule has 1 aromatic carbocycles. The smallest absolute Gasteiger partial charge is 0.185 e. The van der Waals surface area contributed by atoms with E-state index in [9.17, 15) is 4.79 Å². The van der Waals surface area contributed by atoms with E-state index in [0.717, 1.165) is 43.9 Å². The van der Waals surface area contributed by atoms with Gasteiger partial charge in [-0.05, 0) is 18.2 Å². The van der Waals surface area contributed by atoms with E-state index in [-0.39, 0.29) is 5.12 Å². The van der Waals surface area contributed by atoms with Crippen LogP contribution in [0.5, 0.6) is 0 Å². The van der Waals surface area contributed by atoms with Crippen LogP contribution in [0.4, 0.5) is 5.69 Å². The summed E-state index contributed by atoms with van der Waals surface area (Å²) in [6.07, 6.45) is 0.752. The molecule has 1 N–H and O–H groups in total. The maximum atomic E-state index is 10.8. The molecule has 1 saturated heterocycles. The van der Waals surface area contributed by atoms with E-state index in [1.54, 1.807) is 6.92 Å². The van der Waals surface area contributed by atoms with Crippen LogP contribution in [0.2, 0.25) is 0 Å². The third kappa shape index (κ3) is 4.92. The van der Waals surface area contributed by atoms with E-state index in [1.165, 1.54) is 17.4 Å². The number of hydrogen-bond donors (Lipinski definition) is 1. The zero-order valence-electron chi connectivity index (χ0n) is 11.8. The summed E-state index contributed by atoms with van der Waals surface area (Å²) >= 11 is 1.34. The predicted molar refractivity (Wildman–Crippen MR) is 86.2 cm³/mol. The second-order valence-corrected chi connectivity index (χ2v) is 5.95. The largest absolute Gasteiger partial charge is 0.369 e. The van der Waals surface area contributed by atoms with Gasteiger partial charge in [-0.3, -0.25) is 4.79 Å². The van der Waals surface area contributed by atoms with Crippen molar-refractivity contribution in [3.8, 4) is 11.8 Å². The van der Waals surface area contributed by atoms with Crippen LogP contribution in [0.3, 0.4) is 0 Å². The molecule has 0 aliphatic carbocycles. The van der Waals surface area contributed by atoms with Crippen molar-refractivity contribution in [1.82, 2.24) is 5.32 Å². The first-order chi connectivity index (χ1) is 9.75. The van der Waals surface area contributed by atoms with Gasteiger partial charge >= 0.3 is 0 Å². The molecule has 1 fully saturated rings. The highest BCUT2D eigenvalue weighted by molar-refractivity contribution is 8.13. The molecule has 0 unspecified atom stereocenters. The number of thioether (sulfide) groups is 1. The maximum Gasteiger partial charge on any atom is 0.185 e. The fourth-order valence-corrected chi connectivity index (χ4v) is 2.61. The fourth-order valence-electron chi connectivity index (χ4n) is 2.11. The molecule has 0 spiro atoms. The molecule has 106 valence electrons. The Balaban J connectivity index is 1.92.